The summed E-state index contributed by atoms with van der Waals surface area (Å²) in [5.74, 6) is -0.742. The molecule has 0 saturated carbocycles. The Balaban J connectivity index is 2.24. The fourth-order valence-electron chi connectivity index (χ4n) is 2.53. The lowest BCUT2D eigenvalue weighted by Crippen LogP contribution is -2.39. The molecule has 0 N–H and O–H groups in total. The summed E-state index contributed by atoms with van der Waals surface area (Å²) in [6, 6.07) is 8.96. The molecule has 0 aromatic heterocycles. The van der Waals surface area contributed by atoms with Crippen molar-refractivity contribution >= 4 is 12.0 Å². The molecule has 1 aliphatic heterocycles. The molecule has 0 unspecified atom stereocenters. The second kappa shape index (κ2) is 6.89. The monoisotopic (exact) mass is 286 g/mol. The topological polar surface area (TPSA) is 51.0 Å². The molecule has 1 saturated heterocycles. The highest BCUT2D eigenvalue weighted by atomic mass is 16.6. The molecule has 0 spiro atoms. The molecule has 1 heterocycles. The van der Waals surface area contributed by atoms with Gasteiger partial charge in [-0.1, -0.05) is 43.7 Å². The number of benzene rings is 1. The van der Waals surface area contributed by atoms with Crippen molar-refractivity contribution in [2.75, 3.05) is 13.2 Å². The van der Waals surface area contributed by atoms with Gasteiger partial charge in [-0.05, 0) is 12.0 Å². The van der Waals surface area contributed by atoms with Crippen LogP contribution in [0.2, 0.25) is 0 Å². The van der Waals surface area contributed by atoms with Crippen LogP contribution in [-0.2, 0) is 9.53 Å². The molecule has 1 aliphatic rings. The Morgan fingerprint density at radius 3 is 2.81 bits per heavy atom. The highest BCUT2D eigenvalue weighted by Gasteiger charge is 2.42. The van der Waals surface area contributed by atoms with Gasteiger partial charge in [0.05, 0.1) is 0 Å². The van der Waals surface area contributed by atoms with Crippen LogP contribution in [0.4, 0.5) is 4.79 Å². The maximum Gasteiger partial charge on any atom is 0.417 e. The lowest BCUT2D eigenvalue weighted by molar-refractivity contribution is -0.133. The van der Waals surface area contributed by atoms with Gasteiger partial charge in [-0.3, -0.25) is 4.79 Å². The Kier molecular flexibility index (Phi) is 4.94. The van der Waals surface area contributed by atoms with E-state index in [-0.39, 0.29) is 19.1 Å². The first-order chi connectivity index (χ1) is 10.2. The maximum absolute atomic E-state index is 12.6. The van der Waals surface area contributed by atoms with E-state index in [0.29, 0.717) is 6.42 Å². The minimum atomic E-state index is -0.611. The summed E-state index contributed by atoms with van der Waals surface area (Å²) in [5.41, 5.74) is 0.870. The van der Waals surface area contributed by atoms with E-state index in [0.717, 1.165) is 12.0 Å². The molecule has 2 atom stereocenters. The van der Waals surface area contributed by atoms with Gasteiger partial charge in [-0.2, -0.15) is 0 Å². The van der Waals surface area contributed by atoms with Crippen LogP contribution in [0.25, 0.3) is 4.85 Å². The van der Waals surface area contributed by atoms with Crippen LogP contribution in [0.1, 0.15) is 31.4 Å². The molecule has 0 radical (unpaired) electrons. The summed E-state index contributed by atoms with van der Waals surface area (Å²) in [6.45, 7) is 9.22. The minimum Gasteiger partial charge on any atom is -0.446 e. The Bertz CT molecular complexity index is 550. The fourth-order valence-corrected chi connectivity index (χ4v) is 2.53. The van der Waals surface area contributed by atoms with E-state index in [1.165, 1.54) is 4.90 Å². The highest BCUT2D eigenvalue weighted by Crippen LogP contribution is 2.30. The molecule has 110 valence electrons. The van der Waals surface area contributed by atoms with Gasteiger partial charge in [-0.15, -0.1) is 0 Å². The van der Waals surface area contributed by atoms with E-state index in [4.69, 9.17) is 11.3 Å². The van der Waals surface area contributed by atoms with Crippen molar-refractivity contribution in [1.82, 2.24) is 4.90 Å². The van der Waals surface area contributed by atoms with Crippen molar-refractivity contribution in [2.24, 2.45) is 5.92 Å². The summed E-state index contributed by atoms with van der Waals surface area (Å²) < 4.78 is 5.05. The first-order valence-electron chi connectivity index (χ1n) is 7.07. The molecule has 2 rings (SSSR count). The van der Waals surface area contributed by atoms with E-state index in [9.17, 15) is 9.59 Å². The molecule has 0 bridgehead atoms. The standard InChI is InChI=1S/C16H18N2O3/c1-3-7-13(10-17-2)15(19)18-14(11-21-16(18)20)12-8-5-4-6-9-12/h4-6,8-9,13-14H,3,7,10-11H2,1H3/t13-,14-/m1/s1. The largest absolute Gasteiger partial charge is 0.446 e. The number of hydrogen-bond acceptors (Lipinski definition) is 3. The number of rotatable bonds is 5. The summed E-state index contributed by atoms with van der Waals surface area (Å²) in [6.07, 6.45) is 0.789. The first kappa shape index (κ1) is 15.0. The zero-order valence-electron chi connectivity index (χ0n) is 12.0. The average Bonchev–Trinajstić information content (AvgIpc) is 2.89. The summed E-state index contributed by atoms with van der Waals surface area (Å²) in [4.78, 5) is 29.0. The maximum atomic E-state index is 12.6. The molecule has 2 amide bonds. The fraction of sp³-hybridized carbons (Fsp3) is 0.438. The van der Waals surface area contributed by atoms with Crippen LogP contribution < -0.4 is 0 Å². The molecule has 1 fully saturated rings. The normalized spacial score (nSPS) is 19.0. The van der Waals surface area contributed by atoms with Crippen LogP contribution in [-0.4, -0.2) is 30.1 Å². The number of carbonyl (C=O) groups is 2. The van der Waals surface area contributed by atoms with E-state index >= 15 is 0 Å². The van der Waals surface area contributed by atoms with Crippen molar-refractivity contribution in [3.05, 3.63) is 47.3 Å². The highest BCUT2D eigenvalue weighted by molar-refractivity contribution is 5.95. The van der Waals surface area contributed by atoms with Crippen LogP contribution >= 0.6 is 0 Å². The second-order valence-corrected chi connectivity index (χ2v) is 5.04. The van der Waals surface area contributed by atoms with Crippen LogP contribution in [0.15, 0.2) is 30.3 Å². The zero-order valence-corrected chi connectivity index (χ0v) is 12.0. The molecule has 1 aromatic rings. The number of amides is 2. The number of hydrogen-bond donors (Lipinski definition) is 0. The number of nitrogens with zero attached hydrogens (tertiary/aromatic N) is 2. The third-order valence-electron chi connectivity index (χ3n) is 3.59. The number of cyclic esters (lactones) is 1. The van der Waals surface area contributed by atoms with Gasteiger partial charge in [0.15, 0.2) is 0 Å². The number of imide groups is 1. The summed E-state index contributed by atoms with van der Waals surface area (Å²) in [7, 11) is 0. The Morgan fingerprint density at radius 2 is 2.19 bits per heavy atom. The van der Waals surface area contributed by atoms with Gasteiger partial charge in [0.2, 0.25) is 12.5 Å². The number of ether oxygens (including phenoxy) is 1. The van der Waals surface area contributed by atoms with E-state index in [2.05, 4.69) is 4.85 Å². The van der Waals surface area contributed by atoms with Crippen molar-refractivity contribution < 1.29 is 14.3 Å². The lowest BCUT2D eigenvalue weighted by atomic mass is 10.00. The van der Waals surface area contributed by atoms with Crippen molar-refractivity contribution in [2.45, 2.75) is 25.8 Å². The second-order valence-electron chi connectivity index (χ2n) is 5.04. The molecule has 5 heteroatoms. The Morgan fingerprint density at radius 1 is 1.48 bits per heavy atom. The van der Waals surface area contributed by atoms with Crippen molar-refractivity contribution in [3.63, 3.8) is 0 Å². The van der Waals surface area contributed by atoms with Gasteiger partial charge < -0.3 is 9.58 Å². The predicted molar refractivity (Wildman–Crippen MR) is 77.2 cm³/mol. The SMILES string of the molecule is [C-]#[N+]C[C@@H](CCC)C(=O)N1C(=O)OC[C@@H]1c1ccccc1. The predicted octanol–water partition coefficient (Wildman–Crippen LogP) is 3.04. The smallest absolute Gasteiger partial charge is 0.417 e. The minimum absolute atomic E-state index is 0.109. The van der Waals surface area contributed by atoms with Crippen LogP contribution in [0.5, 0.6) is 0 Å². The van der Waals surface area contributed by atoms with Crippen molar-refractivity contribution in [3.8, 4) is 0 Å². The zero-order chi connectivity index (χ0) is 15.2. The molecular formula is C16H18N2O3. The number of carbonyl (C=O) groups excluding carboxylic acids is 2. The van der Waals surface area contributed by atoms with Gasteiger partial charge in [0, 0.05) is 0 Å². The first-order valence-corrected chi connectivity index (χ1v) is 7.07. The van der Waals surface area contributed by atoms with Crippen molar-refractivity contribution in [1.29, 1.82) is 0 Å². The van der Waals surface area contributed by atoms with E-state index in [1.54, 1.807) is 0 Å². The van der Waals surface area contributed by atoms with Gasteiger partial charge in [0.25, 0.3) is 0 Å². The lowest BCUT2D eigenvalue weighted by Gasteiger charge is -2.22. The molecule has 0 aliphatic carbocycles. The van der Waals surface area contributed by atoms with Gasteiger partial charge in [-0.25, -0.2) is 16.3 Å². The summed E-state index contributed by atoms with van der Waals surface area (Å²) in [5, 5.41) is 0. The average molecular weight is 286 g/mol. The Labute approximate surface area is 124 Å². The van der Waals surface area contributed by atoms with Crippen LogP contribution in [0, 0.1) is 12.5 Å². The quantitative estimate of drug-likeness (QED) is 0.782. The van der Waals surface area contributed by atoms with E-state index in [1.807, 2.05) is 37.3 Å². The molecule has 5 nitrogen and oxygen atoms in total. The summed E-state index contributed by atoms with van der Waals surface area (Å²) >= 11 is 0. The molecular weight excluding hydrogens is 268 g/mol. The molecule has 21 heavy (non-hydrogen) atoms. The van der Waals surface area contributed by atoms with Crippen LogP contribution in [0.3, 0.4) is 0 Å². The van der Waals surface area contributed by atoms with E-state index < -0.39 is 18.1 Å². The third-order valence-corrected chi connectivity index (χ3v) is 3.59. The molecule has 1 aromatic carbocycles. The van der Waals surface area contributed by atoms with Gasteiger partial charge in [0.1, 0.15) is 18.6 Å². The van der Waals surface area contributed by atoms with Gasteiger partial charge >= 0.3 is 6.09 Å². The third kappa shape index (κ3) is 3.22. The Hall–Kier alpha value is -2.35.